The number of hydrogen-bond acceptors (Lipinski definition) is 8. The molecule has 14 heteroatoms. The quantitative estimate of drug-likeness (QED) is 0.207. The van der Waals surface area contributed by atoms with Crippen molar-refractivity contribution in [2.24, 2.45) is 11.8 Å². The zero-order valence-electron chi connectivity index (χ0n) is 22.3. The van der Waals surface area contributed by atoms with E-state index in [4.69, 9.17) is 21.1 Å². The van der Waals surface area contributed by atoms with Crippen LogP contribution in [0.5, 0.6) is 0 Å². The highest BCUT2D eigenvalue weighted by molar-refractivity contribution is 7.86. The Morgan fingerprint density at radius 2 is 1.85 bits per heavy atom. The highest BCUT2D eigenvalue weighted by Gasteiger charge is 2.41. The van der Waals surface area contributed by atoms with E-state index in [1.165, 1.54) is 0 Å². The number of benzene rings is 1. The molecule has 4 N–H and O–H groups in total. The zero-order chi connectivity index (χ0) is 29.3. The van der Waals surface area contributed by atoms with Crippen molar-refractivity contribution < 1.29 is 41.6 Å². The maximum Gasteiger partial charge on any atom is 0.408 e. The lowest BCUT2D eigenvalue weighted by molar-refractivity contribution is -0.145. The SMILES string of the molecule is CC(=O)OC(C(C[C@@H]1CCNC1=O)NC(=O)C(CC1CCCCC1)NC(=O)OCc1cccc(Cl)c1)S(=O)(=O)O. The first-order chi connectivity index (χ1) is 18.9. The molecule has 1 aromatic rings. The van der Waals surface area contributed by atoms with Gasteiger partial charge in [0.15, 0.2) is 0 Å². The number of carbonyl (C=O) groups is 4. The Morgan fingerprint density at radius 3 is 2.45 bits per heavy atom. The number of carbonyl (C=O) groups excluding carboxylic acids is 4. The summed E-state index contributed by atoms with van der Waals surface area (Å²) in [5, 5.41) is 8.20. The second-order valence-electron chi connectivity index (χ2n) is 10.3. The molecule has 2 fully saturated rings. The monoisotopic (exact) mass is 601 g/mol. The van der Waals surface area contributed by atoms with Crippen LogP contribution >= 0.6 is 11.6 Å². The van der Waals surface area contributed by atoms with Crippen molar-refractivity contribution in [2.45, 2.75) is 82.4 Å². The molecule has 3 amide bonds. The molecular weight excluding hydrogens is 566 g/mol. The van der Waals surface area contributed by atoms with Crippen molar-refractivity contribution in [3.05, 3.63) is 34.9 Å². The Morgan fingerprint density at radius 1 is 1.12 bits per heavy atom. The van der Waals surface area contributed by atoms with Gasteiger partial charge in [-0.1, -0.05) is 55.8 Å². The number of alkyl carbamates (subject to hydrolysis) is 1. The van der Waals surface area contributed by atoms with Crippen LogP contribution in [0, 0.1) is 11.8 Å². The lowest BCUT2D eigenvalue weighted by Gasteiger charge is -2.30. The summed E-state index contributed by atoms with van der Waals surface area (Å²) in [5.41, 5.74) is -1.50. The van der Waals surface area contributed by atoms with Gasteiger partial charge in [-0.25, -0.2) is 4.79 Å². The summed E-state index contributed by atoms with van der Waals surface area (Å²) in [6, 6.07) is 4.16. The van der Waals surface area contributed by atoms with Crippen LogP contribution in [0.4, 0.5) is 4.79 Å². The topological polar surface area (TPSA) is 177 Å². The van der Waals surface area contributed by atoms with E-state index < -0.39 is 51.5 Å². The van der Waals surface area contributed by atoms with Gasteiger partial charge in [0, 0.05) is 24.4 Å². The van der Waals surface area contributed by atoms with Gasteiger partial charge in [0.2, 0.25) is 17.3 Å². The smallest absolute Gasteiger partial charge is 0.408 e. The van der Waals surface area contributed by atoms with Crippen LogP contribution in [0.25, 0.3) is 0 Å². The summed E-state index contributed by atoms with van der Waals surface area (Å²) in [6.07, 6.45) is 4.29. The van der Waals surface area contributed by atoms with E-state index in [0.717, 1.165) is 39.0 Å². The molecule has 0 radical (unpaired) electrons. The second-order valence-corrected chi connectivity index (χ2v) is 12.2. The Labute approximate surface area is 238 Å². The largest absolute Gasteiger partial charge is 0.445 e. The summed E-state index contributed by atoms with van der Waals surface area (Å²) < 4.78 is 44.4. The molecule has 40 heavy (non-hydrogen) atoms. The highest BCUT2D eigenvalue weighted by atomic mass is 35.5. The van der Waals surface area contributed by atoms with E-state index in [2.05, 4.69) is 16.0 Å². The molecule has 0 spiro atoms. The Bertz CT molecular complexity index is 1170. The van der Waals surface area contributed by atoms with Gasteiger partial charge in [0.05, 0.1) is 6.04 Å². The summed E-state index contributed by atoms with van der Waals surface area (Å²) >= 11 is 5.98. The van der Waals surface area contributed by atoms with Crippen molar-refractivity contribution >= 4 is 45.6 Å². The lowest BCUT2D eigenvalue weighted by atomic mass is 9.84. The van der Waals surface area contributed by atoms with Gasteiger partial charge >= 0.3 is 22.2 Å². The fourth-order valence-corrected chi connectivity index (χ4v) is 6.22. The van der Waals surface area contributed by atoms with Crippen molar-refractivity contribution in [3.8, 4) is 0 Å². The molecule has 1 heterocycles. The van der Waals surface area contributed by atoms with Gasteiger partial charge < -0.3 is 25.4 Å². The van der Waals surface area contributed by atoms with Crippen molar-refractivity contribution in [1.82, 2.24) is 16.0 Å². The van der Waals surface area contributed by atoms with E-state index in [1.54, 1.807) is 24.3 Å². The number of rotatable bonds is 12. The van der Waals surface area contributed by atoms with Gasteiger partial charge in [-0.15, -0.1) is 0 Å². The third kappa shape index (κ3) is 9.93. The summed E-state index contributed by atoms with van der Waals surface area (Å²) in [4.78, 5) is 50.1. The number of ether oxygens (including phenoxy) is 2. The molecule has 1 aromatic carbocycles. The maximum atomic E-state index is 13.5. The normalized spacial score (nSPS) is 20.1. The van der Waals surface area contributed by atoms with Gasteiger partial charge in [0.25, 0.3) is 0 Å². The number of nitrogens with one attached hydrogen (secondary N) is 3. The number of hydrogen-bond donors (Lipinski definition) is 4. The zero-order valence-corrected chi connectivity index (χ0v) is 23.8. The molecule has 3 unspecified atom stereocenters. The minimum Gasteiger partial charge on any atom is -0.445 e. The van der Waals surface area contributed by atoms with Gasteiger partial charge in [-0.2, -0.15) is 8.42 Å². The van der Waals surface area contributed by atoms with E-state index in [1.807, 2.05) is 0 Å². The predicted octanol–water partition coefficient (Wildman–Crippen LogP) is 2.69. The summed E-state index contributed by atoms with van der Waals surface area (Å²) in [6.45, 7) is 1.22. The highest BCUT2D eigenvalue weighted by Crippen LogP contribution is 2.28. The van der Waals surface area contributed by atoms with Crippen LogP contribution in [0.15, 0.2) is 24.3 Å². The first kappa shape index (κ1) is 31.6. The molecule has 222 valence electrons. The molecular formula is C26H36ClN3O9S. The maximum absolute atomic E-state index is 13.5. The number of halogens is 1. The molecule has 1 saturated carbocycles. The van der Waals surface area contributed by atoms with Crippen LogP contribution in [-0.2, 0) is 40.6 Å². The van der Waals surface area contributed by atoms with E-state index >= 15 is 0 Å². The van der Waals surface area contributed by atoms with Gasteiger partial charge in [0.1, 0.15) is 12.6 Å². The first-order valence-electron chi connectivity index (χ1n) is 13.3. The minimum absolute atomic E-state index is 0.0964. The van der Waals surface area contributed by atoms with Crippen molar-refractivity contribution in [3.63, 3.8) is 0 Å². The third-order valence-electron chi connectivity index (χ3n) is 7.09. The molecule has 1 saturated heterocycles. The van der Waals surface area contributed by atoms with Crippen LogP contribution in [0.3, 0.4) is 0 Å². The fourth-order valence-electron chi connectivity index (χ4n) is 5.16. The fraction of sp³-hybridized carbons (Fsp3) is 0.615. The van der Waals surface area contributed by atoms with E-state index in [9.17, 15) is 32.1 Å². The van der Waals surface area contributed by atoms with Crippen LogP contribution < -0.4 is 16.0 Å². The van der Waals surface area contributed by atoms with Crippen molar-refractivity contribution in [2.75, 3.05) is 6.54 Å². The average molecular weight is 602 g/mol. The minimum atomic E-state index is -5.00. The average Bonchev–Trinajstić information content (AvgIpc) is 3.29. The Kier molecular flexibility index (Phi) is 11.6. The van der Waals surface area contributed by atoms with E-state index in [-0.39, 0.29) is 31.3 Å². The molecule has 2 aliphatic rings. The second kappa shape index (κ2) is 14.6. The molecule has 3 rings (SSSR count). The molecule has 4 atom stereocenters. The third-order valence-corrected chi connectivity index (χ3v) is 8.34. The van der Waals surface area contributed by atoms with Crippen LogP contribution in [0.2, 0.25) is 5.02 Å². The number of amides is 3. The van der Waals surface area contributed by atoms with Gasteiger partial charge in [-0.05, 0) is 42.9 Å². The van der Waals surface area contributed by atoms with E-state index in [0.29, 0.717) is 23.6 Å². The Balaban J connectivity index is 1.78. The number of esters is 1. The molecule has 1 aliphatic heterocycles. The first-order valence-corrected chi connectivity index (χ1v) is 15.2. The lowest BCUT2D eigenvalue weighted by Crippen LogP contribution is -2.55. The van der Waals surface area contributed by atoms with Crippen molar-refractivity contribution in [1.29, 1.82) is 0 Å². The molecule has 0 bridgehead atoms. The Hall–Kier alpha value is -2.90. The predicted molar refractivity (Wildman–Crippen MR) is 145 cm³/mol. The van der Waals surface area contributed by atoms with Crippen LogP contribution in [-0.4, -0.2) is 60.9 Å². The summed E-state index contributed by atoms with van der Waals surface area (Å²) in [5.74, 6) is -2.66. The molecule has 0 aromatic heterocycles. The molecule has 12 nitrogen and oxygen atoms in total. The van der Waals surface area contributed by atoms with Crippen LogP contribution in [0.1, 0.15) is 63.9 Å². The van der Waals surface area contributed by atoms with Gasteiger partial charge in [-0.3, -0.25) is 18.9 Å². The standard InChI is InChI=1S/C26H36ClN3O9S/c1-16(31)39-25(40(35,36)37)22(14-19-10-11-28-23(19)32)29-24(33)21(13-17-6-3-2-4-7-17)30-26(34)38-15-18-8-5-9-20(27)12-18/h5,8-9,12,17,19,21-22,25H,2-4,6-7,10-11,13-15H2,1H3,(H,28,32)(H,29,33)(H,30,34)(H,35,36,37)/t19-,21?,22?,25?/m0/s1. The summed E-state index contributed by atoms with van der Waals surface area (Å²) in [7, 11) is -5.00. The molecule has 1 aliphatic carbocycles.